The predicted molar refractivity (Wildman–Crippen MR) is 76.1 cm³/mol. The van der Waals surface area contributed by atoms with E-state index in [0.29, 0.717) is 13.0 Å². The molecule has 0 atom stereocenters. The Bertz CT molecular complexity index is 555. The van der Waals surface area contributed by atoms with Gasteiger partial charge >= 0.3 is 5.97 Å². The van der Waals surface area contributed by atoms with Crippen LogP contribution in [0, 0.1) is 0 Å². The van der Waals surface area contributed by atoms with Gasteiger partial charge in [0.05, 0.1) is 12.8 Å². The minimum absolute atomic E-state index is 0.132. The van der Waals surface area contributed by atoms with E-state index in [-0.39, 0.29) is 5.97 Å². The Hall–Kier alpha value is -1.62. The first-order chi connectivity index (χ1) is 9.31. The van der Waals surface area contributed by atoms with Gasteiger partial charge < -0.3 is 4.74 Å². The molecule has 5 heteroatoms. The zero-order valence-electron chi connectivity index (χ0n) is 10.8. The molecule has 2 rings (SSSR count). The average molecular weight is 276 g/mol. The molecule has 0 amide bonds. The smallest absolute Gasteiger partial charge is 0.305 e. The molecule has 100 valence electrons. The third kappa shape index (κ3) is 3.92. The van der Waals surface area contributed by atoms with Crippen LogP contribution in [0.2, 0.25) is 0 Å². The molecule has 0 aliphatic carbocycles. The van der Waals surface area contributed by atoms with E-state index in [0.717, 1.165) is 28.0 Å². The number of carbonyl (C=O) groups excluding carboxylic acids is 1. The second-order valence-electron chi connectivity index (χ2n) is 3.99. The van der Waals surface area contributed by atoms with Crippen molar-refractivity contribution in [2.45, 2.75) is 24.8 Å². The zero-order valence-corrected chi connectivity index (χ0v) is 11.7. The van der Waals surface area contributed by atoms with E-state index < -0.39 is 0 Å². The lowest BCUT2D eigenvalue weighted by Crippen LogP contribution is -2.03. The van der Waals surface area contributed by atoms with Crippen molar-refractivity contribution < 1.29 is 9.53 Å². The van der Waals surface area contributed by atoms with Gasteiger partial charge in [0.15, 0.2) is 0 Å². The summed E-state index contributed by atoms with van der Waals surface area (Å²) in [6, 6.07) is 8.04. The third-order valence-electron chi connectivity index (χ3n) is 2.61. The first-order valence-electron chi connectivity index (χ1n) is 6.30. The number of aromatic nitrogens is 2. The molecule has 1 aromatic carbocycles. The molecule has 0 unspecified atom stereocenters. The highest BCUT2D eigenvalue weighted by atomic mass is 32.2. The highest BCUT2D eigenvalue weighted by molar-refractivity contribution is 7.99. The van der Waals surface area contributed by atoms with E-state index in [4.69, 9.17) is 4.74 Å². The number of hydrogen-bond donors (Lipinski definition) is 0. The van der Waals surface area contributed by atoms with Crippen molar-refractivity contribution in [2.75, 3.05) is 12.4 Å². The first-order valence-corrected chi connectivity index (χ1v) is 7.28. The monoisotopic (exact) mass is 276 g/mol. The highest BCUT2D eigenvalue weighted by Crippen LogP contribution is 2.25. The normalized spacial score (nSPS) is 10.6. The second kappa shape index (κ2) is 7.09. The highest BCUT2D eigenvalue weighted by Gasteiger charge is 2.05. The summed E-state index contributed by atoms with van der Waals surface area (Å²) in [5.74, 6) is 0.703. The van der Waals surface area contributed by atoms with Gasteiger partial charge in [-0.3, -0.25) is 4.79 Å². The molecule has 0 aliphatic rings. The average Bonchev–Trinajstić information content (AvgIpc) is 2.44. The van der Waals surface area contributed by atoms with E-state index in [2.05, 4.69) is 10.2 Å². The van der Waals surface area contributed by atoms with Crippen LogP contribution in [-0.4, -0.2) is 28.5 Å². The van der Waals surface area contributed by atoms with Gasteiger partial charge in [-0.15, -0.1) is 16.9 Å². The number of esters is 1. The molecular weight excluding hydrogens is 260 g/mol. The van der Waals surface area contributed by atoms with E-state index in [1.807, 2.05) is 31.2 Å². The predicted octanol–water partition coefficient (Wildman–Crippen LogP) is 3.07. The van der Waals surface area contributed by atoms with Crippen LogP contribution >= 0.6 is 11.8 Å². The molecule has 0 saturated heterocycles. The van der Waals surface area contributed by atoms with Crippen molar-refractivity contribution in [3.8, 4) is 0 Å². The number of ether oxygens (including phenoxy) is 1. The van der Waals surface area contributed by atoms with Crippen LogP contribution in [0.4, 0.5) is 0 Å². The fraction of sp³-hybridized carbons (Fsp3) is 0.357. The lowest BCUT2D eigenvalue weighted by Gasteiger charge is -2.04. The molecule has 19 heavy (non-hydrogen) atoms. The largest absolute Gasteiger partial charge is 0.466 e. The van der Waals surface area contributed by atoms with Crippen LogP contribution in [0.15, 0.2) is 35.5 Å². The number of fused-ring (bicyclic) bond motifs is 1. The Labute approximate surface area is 116 Å². The SMILES string of the molecule is CCOC(=O)CCCSc1nncc2ccccc12. The van der Waals surface area contributed by atoms with E-state index >= 15 is 0 Å². The van der Waals surface area contributed by atoms with Crippen molar-refractivity contribution >= 4 is 28.5 Å². The fourth-order valence-corrected chi connectivity index (χ4v) is 2.66. The van der Waals surface area contributed by atoms with Crippen LogP contribution in [0.25, 0.3) is 10.8 Å². The molecule has 0 fully saturated rings. The maximum atomic E-state index is 11.2. The molecule has 0 saturated carbocycles. The molecule has 0 N–H and O–H groups in total. The third-order valence-corrected chi connectivity index (χ3v) is 3.67. The summed E-state index contributed by atoms with van der Waals surface area (Å²) in [5, 5.41) is 11.3. The maximum Gasteiger partial charge on any atom is 0.305 e. The van der Waals surface area contributed by atoms with Gasteiger partial charge in [-0.2, -0.15) is 5.10 Å². The van der Waals surface area contributed by atoms with E-state index in [1.165, 1.54) is 0 Å². The lowest BCUT2D eigenvalue weighted by atomic mass is 10.2. The number of carbonyl (C=O) groups is 1. The van der Waals surface area contributed by atoms with Gasteiger partial charge in [-0.05, 0) is 13.3 Å². The molecule has 0 spiro atoms. The number of thioether (sulfide) groups is 1. The Morgan fingerprint density at radius 2 is 2.21 bits per heavy atom. The standard InChI is InChI=1S/C14H16N2O2S/c1-2-18-13(17)8-5-9-19-14-12-7-4-3-6-11(12)10-15-16-14/h3-4,6-7,10H,2,5,8-9H2,1H3. The number of nitrogens with zero attached hydrogens (tertiary/aromatic N) is 2. The Kier molecular flexibility index (Phi) is 5.15. The second-order valence-corrected chi connectivity index (χ2v) is 5.08. The summed E-state index contributed by atoms with van der Waals surface area (Å²) in [4.78, 5) is 11.2. The molecule has 2 aromatic rings. The van der Waals surface area contributed by atoms with Crippen molar-refractivity contribution in [3.63, 3.8) is 0 Å². The molecule has 1 aromatic heterocycles. The van der Waals surface area contributed by atoms with Crippen LogP contribution < -0.4 is 0 Å². The Morgan fingerprint density at radius 1 is 1.37 bits per heavy atom. The Morgan fingerprint density at radius 3 is 3.05 bits per heavy atom. The van der Waals surface area contributed by atoms with Crippen LogP contribution in [0.5, 0.6) is 0 Å². The summed E-state index contributed by atoms with van der Waals surface area (Å²) in [6.45, 7) is 2.26. The van der Waals surface area contributed by atoms with Crippen LogP contribution in [-0.2, 0) is 9.53 Å². The Balaban J connectivity index is 1.90. The molecule has 0 bridgehead atoms. The summed E-state index contributed by atoms with van der Waals surface area (Å²) in [5.41, 5.74) is 0. The molecule has 4 nitrogen and oxygen atoms in total. The molecular formula is C14H16N2O2S. The van der Waals surface area contributed by atoms with Gasteiger partial charge in [0.2, 0.25) is 0 Å². The fourth-order valence-electron chi connectivity index (χ4n) is 1.73. The van der Waals surface area contributed by atoms with Crippen LogP contribution in [0.3, 0.4) is 0 Å². The quantitative estimate of drug-likeness (QED) is 0.461. The van der Waals surface area contributed by atoms with Gasteiger partial charge in [0.25, 0.3) is 0 Å². The maximum absolute atomic E-state index is 11.2. The van der Waals surface area contributed by atoms with Crippen LogP contribution in [0.1, 0.15) is 19.8 Å². The van der Waals surface area contributed by atoms with Crippen molar-refractivity contribution in [1.29, 1.82) is 0 Å². The molecule has 1 heterocycles. The summed E-state index contributed by atoms with van der Waals surface area (Å²) < 4.78 is 4.89. The van der Waals surface area contributed by atoms with Gasteiger partial charge in [0.1, 0.15) is 5.03 Å². The minimum Gasteiger partial charge on any atom is -0.466 e. The van der Waals surface area contributed by atoms with E-state index in [9.17, 15) is 4.79 Å². The van der Waals surface area contributed by atoms with E-state index in [1.54, 1.807) is 18.0 Å². The topological polar surface area (TPSA) is 52.1 Å². The van der Waals surface area contributed by atoms with Gasteiger partial charge in [0, 0.05) is 22.9 Å². The minimum atomic E-state index is -0.132. The lowest BCUT2D eigenvalue weighted by molar-refractivity contribution is -0.143. The van der Waals surface area contributed by atoms with Gasteiger partial charge in [-0.25, -0.2) is 0 Å². The van der Waals surface area contributed by atoms with Crippen molar-refractivity contribution in [3.05, 3.63) is 30.5 Å². The van der Waals surface area contributed by atoms with Crippen molar-refractivity contribution in [1.82, 2.24) is 10.2 Å². The summed E-state index contributed by atoms with van der Waals surface area (Å²) in [7, 11) is 0. The van der Waals surface area contributed by atoms with Crippen molar-refractivity contribution in [2.24, 2.45) is 0 Å². The number of rotatable bonds is 6. The number of hydrogen-bond acceptors (Lipinski definition) is 5. The molecule has 0 radical (unpaired) electrons. The summed E-state index contributed by atoms with van der Waals surface area (Å²) in [6.07, 6.45) is 3.01. The van der Waals surface area contributed by atoms with Gasteiger partial charge in [-0.1, -0.05) is 24.3 Å². The molecule has 0 aliphatic heterocycles. The first kappa shape index (κ1) is 13.8. The number of benzene rings is 1. The zero-order chi connectivity index (χ0) is 13.5. The summed E-state index contributed by atoms with van der Waals surface area (Å²) >= 11 is 1.63.